The van der Waals surface area contributed by atoms with Crippen LogP contribution < -0.4 is 5.32 Å². The van der Waals surface area contributed by atoms with Gasteiger partial charge in [-0.1, -0.05) is 6.92 Å². The highest BCUT2D eigenvalue weighted by Gasteiger charge is 2.16. The monoisotopic (exact) mass is 264 g/mol. The van der Waals surface area contributed by atoms with E-state index in [0.29, 0.717) is 6.42 Å². The van der Waals surface area contributed by atoms with Gasteiger partial charge >= 0.3 is 5.97 Å². The van der Waals surface area contributed by atoms with Crippen LogP contribution in [0.5, 0.6) is 0 Å². The van der Waals surface area contributed by atoms with Gasteiger partial charge < -0.3 is 10.4 Å². The molecule has 0 saturated heterocycles. The highest BCUT2D eigenvalue weighted by Crippen LogP contribution is 2.19. The van der Waals surface area contributed by atoms with Crippen LogP contribution in [0, 0.1) is 21.4 Å². The minimum atomic E-state index is -0.972. The number of carboxylic acid groups (broad SMARTS) is 1. The van der Waals surface area contributed by atoms with Crippen LogP contribution in [0.2, 0.25) is 0 Å². The van der Waals surface area contributed by atoms with Crippen LogP contribution >= 0.6 is 0 Å². The minimum Gasteiger partial charge on any atom is -0.481 e. The van der Waals surface area contributed by atoms with Crippen molar-refractivity contribution in [1.29, 1.82) is 5.26 Å². The lowest BCUT2D eigenvalue weighted by atomic mass is 10.1. The number of nitriles is 1. The molecule has 0 amide bonds. The number of hydrogen-bond acceptors (Lipinski definition) is 6. The highest BCUT2D eigenvalue weighted by atomic mass is 16.6. The first-order valence-electron chi connectivity index (χ1n) is 5.50. The van der Waals surface area contributed by atoms with Crippen molar-refractivity contribution in [2.45, 2.75) is 25.8 Å². The lowest BCUT2D eigenvalue weighted by Gasteiger charge is -2.15. The van der Waals surface area contributed by atoms with E-state index in [9.17, 15) is 14.9 Å². The van der Waals surface area contributed by atoms with E-state index >= 15 is 0 Å². The normalized spacial score (nSPS) is 11.4. The summed E-state index contributed by atoms with van der Waals surface area (Å²) in [6.07, 6.45) is 1.42. The average molecular weight is 264 g/mol. The predicted octanol–water partition coefficient (Wildman–Crippen LogP) is 1.53. The Balaban J connectivity index is 2.97. The number of aliphatic carboxylic acids is 1. The van der Waals surface area contributed by atoms with Crippen molar-refractivity contribution in [2.75, 3.05) is 5.32 Å². The van der Waals surface area contributed by atoms with Gasteiger partial charge in [0.2, 0.25) is 0 Å². The van der Waals surface area contributed by atoms with Gasteiger partial charge in [0.15, 0.2) is 0 Å². The van der Waals surface area contributed by atoms with Crippen LogP contribution in [-0.4, -0.2) is 27.0 Å². The van der Waals surface area contributed by atoms with Crippen molar-refractivity contribution in [3.05, 3.63) is 27.9 Å². The van der Waals surface area contributed by atoms with Crippen LogP contribution in [0.25, 0.3) is 0 Å². The third-order valence-electron chi connectivity index (χ3n) is 2.46. The Kier molecular flexibility index (Phi) is 4.76. The molecule has 0 saturated carbocycles. The Morgan fingerprint density at radius 1 is 1.74 bits per heavy atom. The molecule has 8 heteroatoms. The van der Waals surface area contributed by atoms with E-state index in [1.165, 1.54) is 0 Å². The fourth-order valence-electron chi connectivity index (χ4n) is 1.46. The Morgan fingerprint density at radius 3 is 2.89 bits per heavy atom. The molecule has 1 heterocycles. The van der Waals surface area contributed by atoms with Crippen molar-refractivity contribution < 1.29 is 14.8 Å². The number of nitrogens with zero attached hydrogens (tertiary/aromatic N) is 3. The summed E-state index contributed by atoms with van der Waals surface area (Å²) in [5.74, 6) is -0.819. The largest absolute Gasteiger partial charge is 0.481 e. The topological polar surface area (TPSA) is 129 Å². The molecule has 8 nitrogen and oxygen atoms in total. The maximum atomic E-state index is 10.6. The molecule has 1 rings (SSSR count). The molecule has 100 valence electrons. The molecule has 0 aliphatic carbocycles. The zero-order valence-corrected chi connectivity index (χ0v) is 10.2. The van der Waals surface area contributed by atoms with Gasteiger partial charge in [0.1, 0.15) is 23.6 Å². The van der Waals surface area contributed by atoms with E-state index in [4.69, 9.17) is 10.4 Å². The fourth-order valence-corrected chi connectivity index (χ4v) is 1.46. The lowest BCUT2D eigenvalue weighted by Crippen LogP contribution is -2.23. The van der Waals surface area contributed by atoms with Crippen LogP contribution in [0.3, 0.4) is 0 Å². The molecule has 19 heavy (non-hydrogen) atoms. The Hall–Kier alpha value is -2.69. The van der Waals surface area contributed by atoms with Gasteiger partial charge in [0.05, 0.1) is 11.3 Å². The summed E-state index contributed by atoms with van der Waals surface area (Å²) in [6, 6.07) is 2.51. The van der Waals surface area contributed by atoms with E-state index in [-0.39, 0.29) is 23.5 Å². The van der Waals surface area contributed by atoms with Gasteiger partial charge in [-0.25, -0.2) is 4.98 Å². The van der Waals surface area contributed by atoms with Crippen molar-refractivity contribution in [3.63, 3.8) is 0 Å². The maximum Gasteiger partial charge on any atom is 0.305 e. The quantitative estimate of drug-likeness (QED) is 0.588. The molecule has 1 unspecified atom stereocenters. The number of carbonyl (C=O) groups is 1. The number of pyridine rings is 1. The molecular weight excluding hydrogens is 252 g/mol. The molecule has 2 N–H and O–H groups in total. The van der Waals surface area contributed by atoms with Crippen LogP contribution in [0.1, 0.15) is 25.3 Å². The van der Waals surface area contributed by atoms with E-state index in [1.54, 1.807) is 13.0 Å². The summed E-state index contributed by atoms with van der Waals surface area (Å²) in [4.78, 5) is 24.4. The number of rotatable bonds is 6. The fraction of sp³-hybridized carbons (Fsp3) is 0.364. The van der Waals surface area contributed by atoms with Crippen molar-refractivity contribution in [2.24, 2.45) is 0 Å². The average Bonchev–Trinajstić information content (AvgIpc) is 2.37. The predicted molar refractivity (Wildman–Crippen MR) is 65.6 cm³/mol. The standard InChI is InChI=1S/C11H12N4O4/c1-2-8(4-10(16)17)14-11-7(5-12)3-9(6-13-11)15(18)19/h3,6,8H,2,4H2,1H3,(H,13,14)(H,16,17). The molecule has 0 bridgehead atoms. The van der Waals surface area contributed by atoms with Crippen molar-refractivity contribution in [1.82, 2.24) is 4.98 Å². The summed E-state index contributed by atoms with van der Waals surface area (Å²) in [6.45, 7) is 1.79. The number of hydrogen-bond donors (Lipinski definition) is 2. The van der Waals surface area contributed by atoms with E-state index in [1.807, 2.05) is 0 Å². The van der Waals surface area contributed by atoms with Crippen molar-refractivity contribution in [3.8, 4) is 6.07 Å². The van der Waals surface area contributed by atoms with Crippen LogP contribution in [0.15, 0.2) is 12.3 Å². The summed E-state index contributed by atoms with van der Waals surface area (Å²) in [5, 5.41) is 31.0. The smallest absolute Gasteiger partial charge is 0.305 e. The van der Waals surface area contributed by atoms with E-state index in [0.717, 1.165) is 12.3 Å². The summed E-state index contributed by atoms with van der Waals surface area (Å²) < 4.78 is 0. The lowest BCUT2D eigenvalue weighted by molar-refractivity contribution is -0.385. The number of nitro groups is 1. The first kappa shape index (κ1) is 14.4. The zero-order chi connectivity index (χ0) is 14.4. The second-order valence-corrected chi connectivity index (χ2v) is 3.81. The Bertz CT molecular complexity index is 538. The summed E-state index contributed by atoms with van der Waals surface area (Å²) >= 11 is 0. The SMILES string of the molecule is CCC(CC(=O)O)Nc1ncc([N+](=O)[O-])cc1C#N. The van der Waals surface area contributed by atoms with Gasteiger partial charge in [-0.15, -0.1) is 0 Å². The van der Waals surface area contributed by atoms with Gasteiger partial charge in [-0.3, -0.25) is 14.9 Å². The molecule has 0 aromatic carbocycles. The molecule has 0 spiro atoms. The highest BCUT2D eigenvalue weighted by molar-refractivity contribution is 5.68. The second-order valence-electron chi connectivity index (χ2n) is 3.81. The van der Waals surface area contributed by atoms with Crippen LogP contribution in [-0.2, 0) is 4.79 Å². The number of anilines is 1. The molecule has 0 radical (unpaired) electrons. The molecule has 1 aromatic rings. The third kappa shape index (κ3) is 3.92. The molecular formula is C11H12N4O4. The van der Waals surface area contributed by atoms with Gasteiger partial charge in [0, 0.05) is 12.1 Å². The molecule has 1 atom stereocenters. The number of carboxylic acids is 1. The number of nitrogens with one attached hydrogen (secondary N) is 1. The molecule has 0 fully saturated rings. The molecule has 0 aliphatic heterocycles. The Labute approximate surface area is 108 Å². The minimum absolute atomic E-state index is 0.0121. The molecule has 0 aliphatic rings. The van der Waals surface area contributed by atoms with Crippen molar-refractivity contribution >= 4 is 17.5 Å². The number of aromatic nitrogens is 1. The first-order chi connectivity index (χ1) is 8.97. The van der Waals surface area contributed by atoms with Gasteiger partial charge in [-0.05, 0) is 6.42 Å². The second kappa shape index (κ2) is 6.30. The Morgan fingerprint density at radius 2 is 2.42 bits per heavy atom. The van der Waals surface area contributed by atoms with E-state index < -0.39 is 16.9 Å². The molecule has 1 aromatic heterocycles. The summed E-state index contributed by atoms with van der Waals surface area (Å²) in [7, 11) is 0. The zero-order valence-electron chi connectivity index (χ0n) is 10.2. The summed E-state index contributed by atoms with van der Waals surface area (Å²) in [5.41, 5.74) is -0.272. The van der Waals surface area contributed by atoms with Gasteiger partial charge in [-0.2, -0.15) is 5.26 Å². The maximum absolute atomic E-state index is 10.6. The third-order valence-corrected chi connectivity index (χ3v) is 2.46. The van der Waals surface area contributed by atoms with Crippen LogP contribution in [0.4, 0.5) is 11.5 Å². The van der Waals surface area contributed by atoms with Gasteiger partial charge in [0.25, 0.3) is 5.69 Å². The first-order valence-corrected chi connectivity index (χ1v) is 5.50. The van der Waals surface area contributed by atoms with E-state index in [2.05, 4.69) is 10.3 Å².